The number of anilines is 1. The predicted octanol–water partition coefficient (Wildman–Crippen LogP) is 0.341. The number of aromatic nitrogens is 1. The zero-order valence-corrected chi connectivity index (χ0v) is 11.3. The largest absolute Gasteiger partial charge is 0.388 e. The van der Waals surface area contributed by atoms with Crippen molar-refractivity contribution in [3.63, 3.8) is 0 Å². The third kappa shape index (κ3) is 4.14. The van der Waals surface area contributed by atoms with Crippen LogP contribution in [-0.4, -0.2) is 47.4 Å². The summed E-state index contributed by atoms with van der Waals surface area (Å²) in [5.74, 6) is 5.99. The van der Waals surface area contributed by atoms with Crippen LogP contribution in [0.5, 0.6) is 0 Å². The van der Waals surface area contributed by atoms with Gasteiger partial charge in [-0.1, -0.05) is 0 Å². The quantitative estimate of drug-likeness (QED) is 0.526. The molecule has 1 aliphatic heterocycles. The molecule has 0 atom stereocenters. The summed E-state index contributed by atoms with van der Waals surface area (Å²) in [6, 6.07) is 3.86. The molecule has 0 saturated carbocycles. The van der Waals surface area contributed by atoms with Crippen LogP contribution in [0.4, 0.5) is 5.82 Å². The number of nitrogens with one attached hydrogen (secondary N) is 1. The fraction of sp³-hybridized carbons (Fsp3) is 0.615. The van der Waals surface area contributed by atoms with Crippen molar-refractivity contribution >= 4 is 5.82 Å². The van der Waals surface area contributed by atoms with Gasteiger partial charge in [-0.15, -0.1) is 0 Å². The highest BCUT2D eigenvalue weighted by atomic mass is 16.5. The van der Waals surface area contributed by atoms with E-state index in [1.54, 1.807) is 6.20 Å². The Morgan fingerprint density at radius 2 is 2.26 bits per heavy atom. The van der Waals surface area contributed by atoms with Crippen LogP contribution in [0.25, 0.3) is 0 Å². The molecule has 6 heteroatoms. The molecule has 4 N–H and O–H groups in total. The van der Waals surface area contributed by atoms with Gasteiger partial charge in [0.2, 0.25) is 0 Å². The number of hydrogen-bond donors (Lipinski definition) is 3. The SMILES string of the molecule is CN(Cc1ccnc(NN)c1)CC1(O)CCOCC1. The Bertz CT molecular complexity index is 407. The third-order valence-corrected chi connectivity index (χ3v) is 3.41. The van der Waals surface area contributed by atoms with Crippen molar-refractivity contribution < 1.29 is 9.84 Å². The molecule has 2 heterocycles. The summed E-state index contributed by atoms with van der Waals surface area (Å²) in [5.41, 5.74) is 3.02. The van der Waals surface area contributed by atoms with E-state index < -0.39 is 5.60 Å². The van der Waals surface area contributed by atoms with E-state index in [9.17, 15) is 5.11 Å². The first kappa shape index (κ1) is 14.2. The van der Waals surface area contributed by atoms with Crippen LogP contribution in [-0.2, 0) is 11.3 Å². The Morgan fingerprint density at radius 3 is 2.95 bits per heavy atom. The molecule has 0 amide bonds. The summed E-state index contributed by atoms with van der Waals surface area (Å²) in [4.78, 5) is 6.19. The Balaban J connectivity index is 1.91. The molecule has 6 nitrogen and oxygen atoms in total. The molecular formula is C13H22N4O2. The standard InChI is InChI=1S/C13H22N4O2/c1-17(10-13(18)3-6-19-7-4-13)9-11-2-5-15-12(8-11)16-14/h2,5,8,18H,3-4,6-7,9-10,14H2,1H3,(H,15,16). The topological polar surface area (TPSA) is 83.6 Å². The summed E-state index contributed by atoms with van der Waals surface area (Å²) in [6.07, 6.45) is 3.12. The van der Waals surface area contributed by atoms with Gasteiger partial charge in [0, 0.05) is 45.3 Å². The van der Waals surface area contributed by atoms with Gasteiger partial charge in [0.05, 0.1) is 5.60 Å². The summed E-state index contributed by atoms with van der Waals surface area (Å²) in [6.45, 7) is 2.67. The molecule has 1 fully saturated rings. The predicted molar refractivity (Wildman–Crippen MR) is 73.4 cm³/mol. The number of hydrogen-bond acceptors (Lipinski definition) is 6. The molecule has 1 aromatic heterocycles. The number of nitrogens with two attached hydrogens (primary N) is 1. The van der Waals surface area contributed by atoms with Crippen molar-refractivity contribution in [2.45, 2.75) is 25.0 Å². The van der Waals surface area contributed by atoms with Crippen molar-refractivity contribution in [2.24, 2.45) is 5.84 Å². The third-order valence-electron chi connectivity index (χ3n) is 3.41. The van der Waals surface area contributed by atoms with E-state index in [4.69, 9.17) is 10.6 Å². The Morgan fingerprint density at radius 1 is 1.53 bits per heavy atom. The highest BCUT2D eigenvalue weighted by Gasteiger charge is 2.30. The van der Waals surface area contributed by atoms with Crippen LogP contribution in [0.2, 0.25) is 0 Å². The van der Waals surface area contributed by atoms with Gasteiger partial charge in [0.25, 0.3) is 0 Å². The van der Waals surface area contributed by atoms with Gasteiger partial charge in [-0.2, -0.15) is 0 Å². The van der Waals surface area contributed by atoms with Crippen LogP contribution in [0, 0.1) is 0 Å². The van der Waals surface area contributed by atoms with E-state index >= 15 is 0 Å². The lowest BCUT2D eigenvalue weighted by Gasteiger charge is -2.35. The van der Waals surface area contributed by atoms with Gasteiger partial charge in [-0.3, -0.25) is 4.90 Å². The van der Waals surface area contributed by atoms with E-state index in [1.165, 1.54) is 0 Å². The van der Waals surface area contributed by atoms with Gasteiger partial charge in [-0.05, 0) is 24.7 Å². The summed E-state index contributed by atoms with van der Waals surface area (Å²) < 4.78 is 5.29. The van der Waals surface area contributed by atoms with Crippen LogP contribution in [0.3, 0.4) is 0 Å². The van der Waals surface area contributed by atoms with Crippen LogP contribution in [0.15, 0.2) is 18.3 Å². The van der Waals surface area contributed by atoms with Gasteiger partial charge >= 0.3 is 0 Å². The molecule has 2 rings (SSSR count). The summed E-state index contributed by atoms with van der Waals surface area (Å²) in [5, 5.41) is 10.5. The van der Waals surface area contributed by atoms with Crippen molar-refractivity contribution in [3.8, 4) is 0 Å². The van der Waals surface area contributed by atoms with E-state index in [0.29, 0.717) is 38.4 Å². The lowest BCUT2D eigenvalue weighted by atomic mass is 9.94. The van der Waals surface area contributed by atoms with Gasteiger partial charge in [-0.25, -0.2) is 10.8 Å². The lowest BCUT2D eigenvalue weighted by molar-refractivity contribution is -0.0777. The number of nitrogens with zero attached hydrogens (tertiary/aromatic N) is 2. The second kappa shape index (κ2) is 6.29. The summed E-state index contributed by atoms with van der Waals surface area (Å²) in [7, 11) is 2.00. The van der Waals surface area contributed by atoms with E-state index in [2.05, 4.69) is 15.3 Å². The first-order valence-electron chi connectivity index (χ1n) is 6.51. The smallest absolute Gasteiger partial charge is 0.140 e. The minimum atomic E-state index is -0.630. The first-order valence-corrected chi connectivity index (χ1v) is 6.51. The van der Waals surface area contributed by atoms with Crippen molar-refractivity contribution in [3.05, 3.63) is 23.9 Å². The zero-order chi connectivity index (χ0) is 13.7. The number of rotatable bonds is 5. The number of nitrogen functional groups attached to an aromatic ring is 1. The minimum absolute atomic E-state index is 0.630. The van der Waals surface area contributed by atoms with Gasteiger partial charge in [0.15, 0.2) is 0 Å². The van der Waals surface area contributed by atoms with E-state index in [-0.39, 0.29) is 0 Å². The molecule has 0 radical (unpaired) electrons. The molecule has 1 saturated heterocycles. The van der Waals surface area contributed by atoms with Gasteiger partial charge < -0.3 is 15.3 Å². The maximum atomic E-state index is 10.5. The van der Waals surface area contributed by atoms with Crippen molar-refractivity contribution in [2.75, 3.05) is 32.2 Å². The average Bonchev–Trinajstić information content (AvgIpc) is 2.39. The van der Waals surface area contributed by atoms with Crippen LogP contribution < -0.4 is 11.3 Å². The number of aliphatic hydroxyl groups is 1. The molecule has 1 aliphatic rings. The normalized spacial score (nSPS) is 18.5. The molecular weight excluding hydrogens is 244 g/mol. The van der Waals surface area contributed by atoms with Crippen molar-refractivity contribution in [1.82, 2.24) is 9.88 Å². The first-order chi connectivity index (χ1) is 9.11. The zero-order valence-electron chi connectivity index (χ0n) is 11.3. The molecule has 1 aromatic rings. The Hall–Kier alpha value is -1.21. The number of pyridine rings is 1. The molecule has 0 aliphatic carbocycles. The maximum absolute atomic E-state index is 10.5. The second-order valence-electron chi connectivity index (χ2n) is 5.20. The highest BCUT2D eigenvalue weighted by molar-refractivity contribution is 5.35. The molecule has 0 unspecified atom stereocenters. The molecule has 19 heavy (non-hydrogen) atoms. The number of hydrazine groups is 1. The minimum Gasteiger partial charge on any atom is -0.388 e. The maximum Gasteiger partial charge on any atom is 0.140 e. The average molecular weight is 266 g/mol. The molecule has 0 bridgehead atoms. The fourth-order valence-electron chi connectivity index (χ4n) is 2.43. The highest BCUT2D eigenvalue weighted by Crippen LogP contribution is 2.22. The van der Waals surface area contributed by atoms with Gasteiger partial charge in [0.1, 0.15) is 5.82 Å². The lowest BCUT2D eigenvalue weighted by Crippen LogP contribution is -2.45. The van der Waals surface area contributed by atoms with Crippen LogP contribution >= 0.6 is 0 Å². The number of likely N-dealkylation sites (N-methyl/N-ethyl adjacent to an activating group) is 1. The van der Waals surface area contributed by atoms with Crippen LogP contribution in [0.1, 0.15) is 18.4 Å². The molecule has 106 valence electrons. The molecule has 0 spiro atoms. The van der Waals surface area contributed by atoms with E-state index in [1.807, 2.05) is 19.2 Å². The van der Waals surface area contributed by atoms with Crippen molar-refractivity contribution in [1.29, 1.82) is 0 Å². The molecule has 0 aromatic carbocycles. The number of ether oxygens (including phenoxy) is 1. The Labute approximate surface area is 113 Å². The fourth-order valence-corrected chi connectivity index (χ4v) is 2.43. The second-order valence-corrected chi connectivity index (χ2v) is 5.20. The Kier molecular flexibility index (Phi) is 4.71. The van der Waals surface area contributed by atoms with E-state index in [0.717, 1.165) is 12.1 Å². The summed E-state index contributed by atoms with van der Waals surface area (Å²) >= 11 is 0. The monoisotopic (exact) mass is 266 g/mol.